The maximum Gasteiger partial charge on any atom is 0.346 e. The summed E-state index contributed by atoms with van der Waals surface area (Å²) in [5.41, 5.74) is 1.80. The molecule has 0 spiro atoms. The van der Waals surface area contributed by atoms with E-state index in [0.717, 1.165) is 10.9 Å². The second-order valence-electron chi connectivity index (χ2n) is 2.42. The van der Waals surface area contributed by atoms with Crippen molar-refractivity contribution in [2.45, 2.75) is 0 Å². The van der Waals surface area contributed by atoms with Crippen LogP contribution >= 0.6 is 0 Å². The number of aromatic amines is 1. The largest absolute Gasteiger partial charge is 0.493 e. The lowest BCUT2D eigenvalue weighted by molar-refractivity contribution is -0.112. The van der Waals surface area contributed by atoms with Crippen molar-refractivity contribution in [1.29, 1.82) is 0 Å². The molecule has 7 heteroatoms. The molecule has 1 aromatic heterocycles. The van der Waals surface area contributed by atoms with Gasteiger partial charge in [-0.05, 0) is 0 Å². The van der Waals surface area contributed by atoms with Crippen LogP contribution in [0.2, 0.25) is 0 Å². The molecule has 7 nitrogen and oxygen atoms in total. The number of hydrogen-bond donors (Lipinski definition) is 3. The number of carbonyl (C=O) groups is 1. The Labute approximate surface area is 84.1 Å². The zero-order chi connectivity index (χ0) is 11.3. The van der Waals surface area contributed by atoms with Gasteiger partial charge in [-0.25, -0.2) is 9.47 Å². The molecule has 1 rings (SSSR count). The van der Waals surface area contributed by atoms with Crippen molar-refractivity contribution >= 4 is 5.78 Å². The minimum atomic E-state index is -0.599. The highest BCUT2D eigenvalue weighted by atomic mass is 16.3. The molecule has 0 bridgehead atoms. The monoisotopic (exact) mass is 206 g/mol. The van der Waals surface area contributed by atoms with E-state index in [1.165, 1.54) is 0 Å². The summed E-state index contributed by atoms with van der Waals surface area (Å²) in [5.74, 6) is 1.19. The van der Waals surface area contributed by atoms with E-state index in [4.69, 9.17) is 11.7 Å². The molecule has 0 saturated carbocycles. The van der Waals surface area contributed by atoms with Crippen LogP contribution in [0.25, 0.3) is 4.85 Å². The summed E-state index contributed by atoms with van der Waals surface area (Å²) < 4.78 is 0.909. The molecule has 15 heavy (non-hydrogen) atoms. The van der Waals surface area contributed by atoms with E-state index in [9.17, 15) is 9.59 Å². The summed E-state index contributed by atoms with van der Waals surface area (Å²) in [6, 6.07) is 1.91. The fourth-order valence-corrected chi connectivity index (χ4v) is 0.792. The van der Waals surface area contributed by atoms with Crippen LogP contribution in [0, 0.1) is 18.5 Å². The van der Waals surface area contributed by atoms with Gasteiger partial charge in [-0.3, -0.25) is 9.78 Å². The summed E-state index contributed by atoms with van der Waals surface area (Å²) >= 11 is 0. The van der Waals surface area contributed by atoms with Crippen LogP contribution in [0.3, 0.4) is 0 Å². The predicted molar refractivity (Wildman–Crippen MR) is 50.3 cm³/mol. The van der Waals surface area contributed by atoms with Gasteiger partial charge in [0.1, 0.15) is 19.2 Å². The van der Waals surface area contributed by atoms with Crippen molar-refractivity contribution in [2.24, 2.45) is 0 Å². The molecule has 3 N–H and O–H groups in total. The van der Waals surface area contributed by atoms with Crippen LogP contribution in [0.1, 0.15) is 0 Å². The molecule has 0 unspecified atom stereocenters. The number of H-pyrrole nitrogens is 1. The number of aromatic nitrogens is 2. The molecule has 0 aliphatic carbocycles. The lowest BCUT2D eigenvalue weighted by Gasteiger charge is -2.00. The van der Waals surface area contributed by atoms with Crippen molar-refractivity contribution in [1.82, 2.24) is 9.66 Å². The van der Waals surface area contributed by atoms with Gasteiger partial charge in [0, 0.05) is 0 Å². The minimum absolute atomic E-state index is 0.223. The molecule has 1 aromatic rings. The molecule has 0 aromatic carbocycles. The highest BCUT2D eigenvalue weighted by Gasteiger charge is 2.01. The van der Waals surface area contributed by atoms with Crippen molar-refractivity contribution in [3.05, 3.63) is 28.1 Å². The van der Waals surface area contributed by atoms with E-state index in [2.05, 4.69) is 15.3 Å². The van der Waals surface area contributed by atoms with Crippen molar-refractivity contribution in [3.8, 4) is 17.8 Å². The first kappa shape index (κ1) is 10.4. The number of carbonyl (C=O) groups excluding carboxylic acids is 1. The van der Waals surface area contributed by atoms with Gasteiger partial charge in [0.25, 0.3) is 0 Å². The number of ketones is 1. The lowest BCUT2D eigenvalue weighted by Crippen LogP contribution is -2.29. The molecule has 0 amide bonds. The van der Waals surface area contributed by atoms with Crippen LogP contribution < -0.4 is 11.1 Å². The fourth-order valence-electron chi connectivity index (χ4n) is 0.792. The average Bonchev–Trinajstić information content (AvgIpc) is 2.51. The number of aromatic hydroxyl groups is 1. The van der Waals surface area contributed by atoms with Crippen LogP contribution in [0.5, 0.6) is 5.88 Å². The number of imidazole rings is 1. The Morgan fingerprint density at radius 3 is 3.07 bits per heavy atom. The average molecular weight is 206 g/mol. The summed E-state index contributed by atoms with van der Waals surface area (Å²) in [4.78, 5) is 26.6. The van der Waals surface area contributed by atoms with Gasteiger partial charge in [0.15, 0.2) is 0 Å². The summed E-state index contributed by atoms with van der Waals surface area (Å²) in [5, 5.41) is 8.87. The molecule has 0 fully saturated rings. The van der Waals surface area contributed by atoms with E-state index in [1.807, 2.05) is 12.0 Å². The quantitative estimate of drug-likeness (QED) is 0.431. The first-order valence-corrected chi connectivity index (χ1v) is 3.78. The third kappa shape index (κ3) is 2.94. The minimum Gasteiger partial charge on any atom is -0.493 e. The topological polar surface area (TPSA) is 91.5 Å². The highest BCUT2D eigenvalue weighted by Crippen LogP contribution is 1.94. The smallest absolute Gasteiger partial charge is 0.346 e. The Morgan fingerprint density at radius 2 is 2.53 bits per heavy atom. The molecule has 1 heterocycles. The number of nitrogens with one attached hydrogen (secondary N) is 2. The van der Waals surface area contributed by atoms with E-state index in [1.54, 1.807) is 0 Å². The molecular weight excluding hydrogens is 200 g/mol. The maximum absolute atomic E-state index is 11.0. The summed E-state index contributed by atoms with van der Waals surface area (Å²) in [6.45, 7) is 6.09. The third-order valence-corrected chi connectivity index (χ3v) is 1.37. The van der Waals surface area contributed by atoms with E-state index in [-0.39, 0.29) is 12.4 Å². The standard InChI is InChI=1S/C8H6N4O3/c1-9-3-2-6(13)4-10-12-5-7(14)11-8(12)15/h5,10,14H,4H2,(H,11,15). The van der Waals surface area contributed by atoms with Crippen LogP contribution in [0.4, 0.5) is 0 Å². The SMILES string of the molecule is [C-]#[N+]C#CC(=O)CNn1cc(O)[nH]c1=O. The van der Waals surface area contributed by atoms with Gasteiger partial charge in [-0.15, -0.1) is 0 Å². The number of rotatable bonds is 3. The number of Topliss-reactive ketones (excluding diaryl/α,β-unsaturated/α-hetero) is 1. The molecule has 0 atom stereocenters. The zero-order valence-corrected chi connectivity index (χ0v) is 7.44. The summed E-state index contributed by atoms with van der Waals surface area (Å²) in [6.07, 6.45) is 1.08. The third-order valence-electron chi connectivity index (χ3n) is 1.37. The van der Waals surface area contributed by atoms with Gasteiger partial charge in [0.2, 0.25) is 11.7 Å². The Kier molecular flexibility index (Phi) is 3.15. The molecule has 0 radical (unpaired) electrons. The first-order chi connectivity index (χ1) is 7.13. The Morgan fingerprint density at radius 1 is 1.80 bits per heavy atom. The number of hydrogen-bond acceptors (Lipinski definition) is 4. The van der Waals surface area contributed by atoms with Gasteiger partial charge in [0.05, 0.1) is 6.20 Å². The lowest BCUT2D eigenvalue weighted by atomic mass is 10.4. The van der Waals surface area contributed by atoms with Crippen LogP contribution in [0.15, 0.2) is 11.0 Å². The molecule has 0 aliphatic rings. The van der Waals surface area contributed by atoms with Gasteiger partial charge in [-0.1, -0.05) is 5.92 Å². The predicted octanol–water partition coefficient (Wildman–Crippen LogP) is -1.13. The molecule has 76 valence electrons. The van der Waals surface area contributed by atoms with Crippen LogP contribution in [-0.4, -0.2) is 27.1 Å². The van der Waals surface area contributed by atoms with E-state index in [0.29, 0.717) is 0 Å². The van der Waals surface area contributed by atoms with Crippen molar-refractivity contribution in [2.75, 3.05) is 12.0 Å². The second kappa shape index (κ2) is 4.53. The van der Waals surface area contributed by atoms with Crippen LogP contribution in [-0.2, 0) is 4.79 Å². The Bertz CT molecular complexity index is 523. The van der Waals surface area contributed by atoms with E-state index < -0.39 is 11.5 Å². The second-order valence-corrected chi connectivity index (χ2v) is 2.42. The van der Waals surface area contributed by atoms with Gasteiger partial charge >= 0.3 is 5.69 Å². The Hall–Kier alpha value is -2.67. The molecular formula is C8H6N4O3. The normalized spacial score (nSPS) is 8.47. The number of nitrogens with zero attached hydrogens (tertiary/aromatic N) is 2. The van der Waals surface area contributed by atoms with Gasteiger partial charge in [-0.2, -0.15) is 4.85 Å². The zero-order valence-electron chi connectivity index (χ0n) is 7.44. The Balaban J connectivity index is 2.59. The van der Waals surface area contributed by atoms with Gasteiger partial charge < -0.3 is 10.5 Å². The van der Waals surface area contributed by atoms with Crippen molar-refractivity contribution < 1.29 is 9.90 Å². The summed E-state index contributed by atoms with van der Waals surface area (Å²) in [7, 11) is 0. The fraction of sp³-hybridized carbons (Fsp3) is 0.125. The van der Waals surface area contributed by atoms with Crippen molar-refractivity contribution in [3.63, 3.8) is 0 Å². The maximum atomic E-state index is 11.0. The first-order valence-electron chi connectivity index (χ1n) is 3.78. The molecule has 0 aliphatic heterocycles. The molecule has 0 saturated heterocycles. The van der Waals surface area contributed by atoms with E-state index >= 15 is 0 Å². The highest BCUT2D eigenvalue weighted by molar-refractivity contribution is 5.97.